The lowest BCUT2D eigenvalue weighted by molar-refractivity contribution is -0.00132. The Morgan fingerprint density at radius 2 is 1.72 bits per heavy atom. The summed E-state index contributed by atoms with van der Waals surface area (Å²) in [5.41, 5.74) is 0. The van der Waals surface area contributed by atoms with Crippen LogP contribution in [0.4, 0.5) is 0 Å². The third kappa shape index (κ3) is 1.28. The van der Waals surface area contributed by atoms with Crippen LogP contribution in [0.25, 0.3) is 0 Å². The number of ether oxygens (including phenoxy) is 1. The van der Waals surface area contributed by atoms with E-state index in [0.29, 0.717) is 18.4 Å². The predicted molar refractivity (Wildman–Crippen MR) is 69.6 cm³/mol. The minimum absolute atomic E-state index is 0.368. The topological polar surface area (TPSA) is 29.5 Å². The standard InChI is InChI=1S/C16H24O2/c1-2-18-8-14-12-6-11(13(14)7-17)15-9-3-4-10(5-9)16(12)15/h2,9-17H,1,3-8H2. The Morgan fingerprint density at radius 3 is 2.33 bits per heavy atom. The summed E-state index contributed by atoms with van der Waals surface area (Å²) in [7, 11) is 0. The van der Waals surface area contributed by atoms with Gasteiger partial charge in [-0.05, 0) is 67.1 Å². The number of rotatable bonds is 4. The fraction of sp³-hybridized carbons (Fsp3) is 0.875. The zero-order chi connectivity index (χ0) is 12.3. The van der Waals surface area contributed by atoms with Gasteiger partial charge in [-0.1, -0.05) is 6.58 Å². The lowest BCUT2D eigenvalue weighted by Crippen LogP contribution is -2.41. The first-order chi connectivity index (χ1) is 8.85. The van der Waals surface area contributed by atoms with E-state index >= 15 is 0 Å². The molecule has 0 saturated heterocycles. The molecule has 100 valence electrons. The monoisotopic (exact) mass is 248 g/mol. The van der Waals surface area contributed by atoms with E-state index in [2.05, 4.69) is 6.58 Å². The highest BCUT2D eigenvalue weighted by atomic mass is 16.5. The van der Waals surface area contributed by atoms with Crippen LogP contribution in [-0.2, 0) is 4.74 Å². The summed E-state index contributed by atoms with van der Waals surface area (Å²) in [6.07, 6.45) is 7.39. The molecule has 2 heteroatoms. The van der Waals surface area contributed by atoms with E-state index in [1.807, 2.05) is 0 Å². The quantitative estimate of drug-likeness (QED) is 0.612. The maximum atomic E-state index is 9.77. The number of hydrogen-bond acceptors (Lipinski definition) is 2. The second-order valence-electron chi connectivity index (χ2n) is 7.06. The summed E-state index contributed by atoms with van der Waals surface area (Å²) in [4.78, 5) is 0. The van der Waals surface area contributed by atoms with Gasteiger partial charge in [0.1, 0.15) is 0 Å². The molecule has 0 aromatic carbocycles. The molecule has 4 aliphatic rings. The molecule has 0 radical (unpaired) electrons. The fourth-order valence-corrected chi connectivity index (χ4v) is 6.53. The first-order valence-electron chi connectivity index (χ1n) is 7.68. The molecule has 4 aliphatic carbocycles. The van der Waals surface area contributed by atoms with Crippen molar-refractivity contribution in [2.24, 2.45) is 47.3 Å². The van der Waals surface area contributed by atoms with Crippen LogP contribution in [0.15, 0.2) is 12.8 Å². The van der Waals surface area contributed by atoms with Gasteiger partial charge in [0.25, 0.3) is 0 Å². The van der Waals surface area contributed by atoms with E-state index < -0.39 is 0 Å². The molecule has 0 aliphatic heterocycles. The maximum Gasteiger partial charge on any atom is 0.0907 e. The Morgan fingerprint density at radius 1 is 1.06 bits per heavy atom. The molecule has 1 N–H and O–H groups in total. The van der Waals surface area contributed by atoms with Crippen LogP contribution in [0.3, 0.4) is 0 Å². The van der Waals surface area contributed by atoms with Gasteiger partial charge in [0.2, 0.25) is 0 Å². The number of aliphatic hydroxyl groups excluding tert-OH is 1. The van der Waals surface area contributed by atoms with Crippen molar-refractivity contribution in [2.75, 3.05) is 13.2 Å². The molecule has 4 rings (SSSR count). The van der Waals surface area contributed by atoms with Gasteiger partial charge in [0, 0.05) is 12.5 Å². The van der Waals surface area contributed by atoms with E-state index in [1.54, 1.807) is 6.26 Å². The van der Waals surface area contributed by atoms with Gasteiger partial charge in [-0.15, -0.1) is 0 Å². The van der Waals surface area contributed by atoms with E-state index in [1.165, 1.54) is 25.7 Å². The van der Waals surface area contributed by atoms with Crippen molar-refractivity contribution < 1.29 is 9.84 Å². The molecule has 8 atom stereocenters. The van der Waals surface area contributed by atoms with Crippen LogP contribution in [0.2, 0.25) is 0 Å². The molecular formula is C16H24O2. The average molecular weight is 248 g/mol. The minimum atomic E-state index is 0.368. The van der Waals surface area contributed by atoms with E-state index in [9.17, 15) is 5.11 Å². The van der Waals surface area contributed by atoms with Gasteiger partial charge in [0.05, 0.1) is 12.9 Å². The summed E-state index contributed by atoms with van der Waals surface area (Å²) in [6, 6.07) is 0. The predicted octanol–water partition coefficient (Wildman–Crippen LogP) is 2.68. The molecule has 0 aromatic rings. The SMILES string of the molecule is C=COCC1C(CO)C2CC1C1C3CCC(C3)C21. The molecule has 0 aromatic heterocycles. The van der Waals surface area contributed by atoms with Crippen LogP contribution in [-0.4, -0.2) is 18.3 Å². The Kier molecular flexibility index (Phi) is 2.52. The molecule has 0 heterocycles. The highest BCUT2D eigenvalue weighted by molar-refractivity contribution is 5.13. The zero-order valence-electron chi connectivity index (χ0n) is 11.0. The van der Waals surface area contributed by atoms with Gasteiger partial charge in [-0.2, -0.15) is 0 Å². The molecule has 4 saturated carbocycles. The van der Waals surface area contributed by atoms with Gasteiger partial charge in [0.15, 0.2) is 0 Å². The minimum Gasteiger partial charge on any atom is -0.502 e. The Labute approximate surface area is 109 Å². The van der Waals surface area contributed by atoms with Crippen molar-refractivity contribution in [1.82, 2.24) is 0 Å². The van der Waals surface area contributed by atoms with E-state index in [4.69, 9.17) is 4.74 Å². The second-order valence-corrected chi connectivity index (χ2v) is 7.06. The molecule has 4 fully saturated rings. The maximum absolute atomic E-state index is 9.77. The van der Waals surface area contributed by atoms with Crippen LogP contribution in [0, 0.1) is 47.3 Å². The third-order valence-electron chi connectivity index (χ3n) is 6.85. The summed E-state index contributed by atoms with van der Waals surface area (Å²) in [6.45, 7) is 4.81. The molecule has 0 amide bonds. The highest BCUT2D eigenvalue weighted by Gasteiger charge is 2.65. The molecule has 18 heavy (non-hydrogen) atoms. The largest absolute Gasteiger partial charge is 0.502 e. The Balaban J connectivity index is 1.60. The summed E-state index contributed by atoms with van der Waals surface area (Å²) in [5.74, 6) is 6.72. The zero-order valence-corrected chi connectivity index (χ0v) is 11.0. The van der Waals surface area contributed by atoms with Crippen molar-refractivity contribution in [2.45, 2.75) is 25.7 Å². The van der Waals surface area contributed by atoms with Crippen molar-refractivity contribution in [1.29, 1.82) is 0 Å². The fourth-order valence-electron chi connectivity index (χ4n) is 6.53. The van der Waals surface area contributed by atoms with E-state index in [-0.39, 0.29) is 0 Å². The highest BCUT2D eigenvalue weighted by Crippen LogP contribution is 2.70. The number of fused-ring (bicyclic) bond motifs is 9. The smallest absolute Gasteiger partial charge is 0.0907 e. The number of aliphatic hydroxyl groups is 1. The second kappa shape index (κ2) is 4.00. The van der Waals surface area contributed by atoms with E-state index in [0.717, 1.165) is 42.1 Å². The van der Waals surface area contributed by atoms with Crippen LogP contribution in [0.5, 0.6) is 0 Å². The first-order valence-corrected chi connectivity index (χ1v) is 7.68. The molecule has 2 nitrogen and oxygen atoms in total. The lowest BCUT2D eigenvalue weighted by atomic mass is 9.64. The summed E-state index contributed by atoms with van der Waals surface area (Å²) >= 11 is 0. The Hall–Kier alpha value is -0.500. The molecule has 4 bridgehead atoms. The molecule has 8 unspecified atom stereocenters. The molecule has 0 spiro atoms. The average Bonchev–Trinajstić information content (AvgIpc) is 3.11. The van der Waals surface area contributed by atoms with Gasteiger partial charge < -0.3 is 9.84 Å². The van der Waals surface area contributed by atoms with Crippen LogP contribution >= 0.6 is 0 Å². The first kappa shape index (κ1) is 11.3. The summed E-state index contributed by atoms with van der Waals surface area (Å²) in [5, 5.41) is 9.77. The third-order valence-corrected chi connectivity index (χ3v) is 6.85. The Bertz CT molecular complexity index is 353. The molecular weight excluding hydrogens is 224 g/mol. The van der Waals surface area contributed by atoms with Crippen LogP contribution < -0.4 is 0 Å². The van der Waals surface area contributed by atoms with Crippen molar-refractivity contribution >= 4 is 0 Å². The number of hydrogen-bond donors (Lipinski definition) is 1. The van der Waals surface area contributed by atoms with Crippen molar-refractivity contribution in [3.05, 3.63) is 12.8 Å². The van der Waals surface area contributed by atoms with Gasteiger partial charge in [-0.3, -0.25) is 0 Å². The van der Waals surface area contributed by atoms with Crippen molar-refractivity contribution in [3.63, 3.8) is 0 Å². The van der Waals surface area contributed by atoms with Gasteiger partial charge in [-0.25, -0.2) is 0 Å². The van der Waals surface area contributed by atoms with Crippen LogP contribution in [0.1, 0.15) is 25.7 Å². The summed E-state index contributed by atoms with van der Waals surface area (Å²) < 4.78 is 5.48. The lowest BCUT2D eigenvalue weighted by Gasteiger charge is -2.42. The normalized spacial score (nSPS) is 55.8. The van der Waals surface area contributed by atoms with Crippen molar-refractivity contribution in [3.8, 4) is 0 Å². The van der Waals surface area contributed by atoms with Gasteiger partial charge >= 0.3 is 0 Å².